The summed E-state index contributed by atoms with van der Waals surface area (Å²) in [7, 11) is -1.52. The third-order valence-corrected chi connectivity index (χ3v) is 6.37. The van der Waals surface area contributed by atoms with E-state index in [0.29, 0.717) is 5.78 Å². The van der Waals surface area contributed by atoms with Gasteiger partial charge in [0.15, 0.2) is 5.78 Å². The number of ketones is 1. The van der Waals surface area contributed by atoms with E-state index in [1.54, 1.807) is 0 Å². The second-order valence-electron chi connectivity index (χ2n) is 5.11. The van der Waals surface area contributed by atoms with E-state index in [2.05, 4.69) is 37.9 Å². The van der Waals surface area contributed by atoms with Crippen LogP contribution >= 0.6 is 0 Å². The third-order valence-electron chi connectivity index (χ3n) is 3.31. The lowest BCUT2D eigenvalue weighted by molar-refractivity contribution is -0.120. The van der Waals surface area contributed by atoms with E-state index >= 15 is 0 Å². The van der Waals surface area contributed by atoms with Crippen LogP contribution in [0.5, 0.6) is 0 Å². The van der Waals surface area contributed by atoms with E-state index in [0.717, 1.165) is 0 Å². The van der Waals surface area contributed by atoms with Crippen LogP contribution < -0.4 is 0 Å². The smallest absolute Gasteiger partial charge is 0.154 e. The number of carbonyl (C=O) groups excluding carboxylic acids is 1. The summed E-state index contributed by atoms with van der Waals surface area (Å²) in [6, 6.07) is 0. The number of allylic oxidation sites excluding steroid dienone is 6. The molecular formula is C12H16OSi. The van der Waals surface area contributed by atoms with Crippen molar-refractivity contribution in [3.63, 3.8) is 0 Å². The highest BCUT2D eigenvalue weighted by molar-refractivity contribution is 6.84. The second kappa shape index (κ2) is 2.80. The molecule has 0 unspecified atom stereocenters. The van der Waals surface area contributed by atoms with Gasteiger partial charge in [-0.25, -0.2) is 0 Å². The fraction of sp³-hybridized carbons (Fsp3) is 0.417. The van der Waals surface area contributed by atoms with Crippen molar-refractivity contribution in [3.05, 3.63) is 36.5 Å². The van der Waals surface area contributed by atoms with Crippen LogP contribution in [0.3, 0.4) is 0 Å². The zero-order chi connectivity index (χ0) is 10.4. The lowest BCUT2D eigenvalue weighted by Gasteiger charge is -2.35. The van der Waals surface area contributed by atoms with Crippen molar-refractivity contribution in [1.82, 2.24) is 0 Å². The molecule has 0 aromatic carbocycles. The largest absolute Gasteiger partial charge is 0.298 e. The molecule has 2 atom stereocenters. The molecule has 0 heterocycles. The van der Waals surface area contributed by atoms with Crippen molar-refractivity contribution in [1.29, 1.82) is 0 Å². The van der Waals surface area contributed by atoms with Crippen LogP contribution in [0.15, 0.2) is 36.5 Å². The Labute approximate surface area is 86.2 Å². The van der Waals surface area contributed by atoms with Gasteiger partial charge in [0.05, 0.1) is 19.0 Å². The molecule has 0 aliphatic heterocycles. The van der Waals surface area contributed by atoms with Gasteiger partial charge in [-0.15, -0.1) is 0 Å². The van der Waals surface area contributed by atoms with E-state index in [-0.39, 0.29) is 11.0 Å². The van der Waals surface area contributed by atoms with E-state index in [9.17, 15) is 4.79 Å². The minimum Gasteiger partial charge on any atom is -0.298 e. The number of carbonyl (C=O) groups is 1. The molecule has 0 aromatic rings. The molecule has 0 saturated heterocycles. The van der Waals surface area contributed by atoms with Crippen LogP contribution in [0.2, 0.25) is 24.7 Å². The average molecular weight is 204 g/mol. The standard InChI is InChI=1S/C12H16OSi/c1-14(2,3)12-8-5-4-6-10(7-9-12)11(12)13/h4-10H,1-3H3/t10-,12-/m0/s1. The fourth-order valence-corrected chi connectivity index (χ4v) is 4.35. The minimum atomic E-state index is -1.52. The van der Waals surface area contributed by atoms with Gasteiger partial charge in [-0.2, -0.15) is 0 Å². The molecule has 2 aliphatic rings. The Morgan fingerprint density at radius 2 is 1.86 bits per heavy atom. The van der Waals surface area contributed by atoms with Crippen molar-refractivity contribution in [3.8, 4) is 0 Å². The first-order chi connectivity index (χ1) is 6.47. The zero-order valence-corrected chi connectivity index (χ0v) is 9.95. The quantitative estimate of drug-likeness (QED) is 0.474. The van der Waals surface area contributed by atoms with Crippen LogP contribution in [0.25, 0.3) is 0 Å². The number of hydrogen-bond donors (Lipinski definition) is 0. The lowest BCUT2D eigenvalue weighted by atomic mass is 10.0. The van der Waals surface area contributed by atoms with E-state index in [1.807, 2.05) is 18.2 Å². The molecule has 14 heavy (non-hydrogen) atoms. The summed E-state index contributed by atoms with van der Waals surface area (Å²) in [6.45, 7) is 6.77. The number of hydrogen-bond acceptors (Lipinski definition) is 1. The summed E-state index contributed by atoms with van der Waals surface area (Å²) < 4.78 is 0. The summed E-state index contributed by atoms with van der Waals surface area (Å²) in [5.41, 5.74) is 0. The molecule has 0 radical (unpaired) electrons. The molecule has 0 N–H and O–H groups in total. The van der Waals surface area contributed by atoms with Gasteiger partial charge in [-0.3, -0.25) is 4.79 Å². The van der Waals surface area contributed by atoms with Crippen molar-refractivity contribution in [2.45, 2.75) is 24.7 Å². The molecule has 0 spiro atoms. The molecule has 2 bridgehead atoms. The van der Waals surface area contributed by atoms with Crippen LogP contribution in [0.4, 0.5) is 0 Å². The number of Topliss-reactive ketones (excluding diaryl/α,β-unsaturated/α-hetero) is 1. The molecule has 0 saturated carbocycles. The average Bonchev–Trinajstić information content (AvgIpc) is 2.21. The molecule has 2 aliphatic carbocycles. The zero-order valence-electron chi connectivity index (χ0n) is 8.95. The molecule has 0 aromatic heterocycles. The monoisotopic (exact) mass is 204 g/mol. The van der Waals surface area contributed by atoms with Gasteiger partial charge < -0.3 is 0 Å². The summed E-state index contributed by atoms with van der Waals surface area (Å²) in [6.07, 6.45) is 12.3. The summed E-state index contributed by atoms with van der Waals surface area (Å²) in [4.78, 5) is 12.2. The predicted molar refractivity (Wildman–Crippen MR) is 62.0 cm³/mol. The van der Waals surface area contributed by atoms with Gasteiger partial charge in [0, 0.05) is 0 Å². The summed E-state index contributed by atoms with van der Waals surface area (Å²) in [5, 5.41) is -0.249. The molecule has 74 valence electrons. The molecule has 0 amide bonds. The fourth-order valence-electron chi connectivity index (χ4n) is 2.25. The van der Waals surface area contributed by atoms with Gasteiger partial charge in [0.2, 0.25) is 0 Å². The highest BCUT2D eigenvalue weighted by Gasteiger charge is 2.50. The van der Waals surface area contributed by atoms with Crippen LogP contribution in [0, 0.1) is 5.92 Å². The maximum atomic E-state index is 12.2. The Balaban J connectivity index is 2.55. The maximum Gasteiger partial charge on any atom is 0.154 e. The van der Waals surface area contributed by atoms with Crippen molar-refractivity contribution in [2.24, 2.45) is 5.92 Å². The Bertz CT molecular complexity index is 357. The first-order valence-electron chi connectivity index (χ1n) is 5.07. The Morgan fingerprint density at radius 1 is 1.14 bits per heavy atom. The van der Waals surface area contributed by atoms with Gasteiger partial charge in [-0.1, -0.05) is 56.1 Å². The molecule has 2 heteroatoms. The first kappa shape index (κ1) is 9.65. The van der Waals surface area contributed by atoms with Crippen LogP contribution in [0.1, 0.15) is 0 Å². The van der Waals surface area contributed by atoms with E-state index < -0.39 is 8.07 Å². The molecule has 2 rings (SSSR count). The Kier molecular flexibility index (Phi) is 1.93. The number of rotatable bonds is 1. The summed E-state index contributed by atoms with van der Waals surface area (Å²) in [5.74, 6) is 0.401. The number of fused-ring (bicyclic) bond motifs is 2. The second-order valence-corrected chi connectivity index (χ2v) is 10.4. The van der Waals surface area contributed by atoms with Crippen molar-refractivity contribution >= 4 is 13.9 Å². The highest BCUT2D eigenvalue weighted by Crippen LogP contribution is 2.49. The van der Waals surface area contributed by atoms with E-state index in [1.165, 1.54) is 0 Å². The van der Waals surface area contributed by atoms with Crippen molar-refractivity contribution < 1.29 is 4.79 Å². The lowest BCUT2D eigenvalue weighted by Crippen LogP contribution is -2.42. The SMILES string of the molecule is C[Si](C)(C)[C@@]12C=CC=C[C@@H](C=C1)C2=O. The van der Waals surface area contributed by atoms with Gasteiger partial charge in [0.25, 0.3) is 0 Å². The molecule has 1 nitrogen and oxygen atoms in total. The van der Waals surface area contributed by atoms with E-state index in [4.69, 9.17) is 0 Å². The summed E-state index contributed by atoms with van der Waals surface area (Å²) >= 11 is 0. The normalized spacial score (nSPS) is 35.1. The van der Waals surface area contributed by atoms with Crippen molar-refractivity contribution in [2.75, 3.05) is 0 Å². The Morgan fingerprint density at radius 3 is 2.50 bits per heavy atom. The Hall–Kier alpha value is -0.893. The van der Waals surface area contributed by atoms with Gasteiger partial charge >= 0.3 is 0 Å². The molecular weight excluding hydrogens is 188 g/mol. The van der Waals surface area contributed by atoms with Crippen LogP contribution in [-0.4, -0.2) is 13.9 Å². The van der Waals surface area contributed by atoms with Crippen LogP contribution in [-0.2, 0) is 4.79 Å². The third kappa shape index (κ3) is 1.10. The minimum absolute atomic E-state index is 0.0247. The van der Waals surface area contributed by atoms with Gasteiger partial charge in [0.1, 0.15) is 0 Å². The molecule has 0 fully saturated rings. The van der Waals surface area contributed by atoms with Gasteiger partial charge in [-0.05, 0) is 0 Å². The predicted octanol–water partition coefficient (Wildman–Crippen LogP) is 2.95. The topological polar surface area (TPSA) is 17.1 Å². The highest BCUT2D eigenvalue weighted by atomic mass is 28.3. The first-order valence-corrected chi connectivity index (χ1v) is 8.57. The maximum absolute atomic E-state index is 12.2.